The number of halogens is 1. The van der Waals surface area contributed by atoms with Crippen LogP contribution in [0.2, 0.25) is 5.02 Å². The summed E-state index contributed by atoms with van der Waals surface area (Å²) < 4.78 is 0. The van der Waals surface area contributed by atoms with E-state index in [-0.39, 0.29) is 18.0 Å². The van der Waals surface area contributed by atoms with Gasteiger partial charge in [-0.05, 0) is 50.8 Å². The van der Waals surface area contributed by atoms with Crippen molar-refractivity contribution in [2.45, 2.75) is 32.2 Å². The molecule has 0 aromatic heterocycles. The minimum atomic E-state index is -0.165. The SMILES string of the molecule is CC(C)(NC(=O)c1ccc(C#CCN)c(Cl)c1)C1CC1. The summed E-state index contributed by atoms with van der Waals surface area (Å²) in [6, 6.07) is 5.15. The van der Waals surface area contributed by atoms with E-state index in [4.69, 9.17) is 17.3 Å². The lowest BCUT2D eigenvalue weighted by Gasteiger charge is -2.26. The topological polar surface area (TPSA) is 55.1 Å². The van der Waals surface area contributed by atoms with Gasteiger partial charge in [-0.1, -0.05) is 23.4 Å². The van der Waals surface area contributed by atoms with E-state index < -0.39 is 0 Å². The molecule has 0 radical (unpaired) electrons. The van der Waals surface area contributed by atoms with Crippen molar-refractivity contribution in [1.29, 1.82) is 0 Å². The van der Waals surface area contributed by atoms with Crippen LogP contribution in [0.25, 0.3) is 0 Å². The highest BCUT2D eigenvalue weighted by Crippen LogP contribution is 2.39. The van der Waals surface area contributed by atoms with Gasteiger partial charge in [-0.25, -0.2) is 0 Å². The van der Waals surface area contributed by atoms with Crippen LogP contribution in [0.4, 0.5) is 0 Å². The molecule has 3 N–H and O–H groups in total. The summed E-state index contributed by atoms with van der Waals surface area (Å²) in [4.78, 5) is 12.2. The molecule has 1 aromatic rings. The van der Waals surface area contributed by atoms with Crippen molar-refractivity contribution >= 4 is 17.5 Å². The predicted molar refractivity (Wildman–Crippen MR) is 81.7 cm³/mol. The van der Waals surface area contributed by atoms with Crippen molar-refractivity contribution in [3.63, 3.8) is 0 Å². The molecular weight excluding hydrogens is 272 g/mol. The molecule has 106 valence electrons. The van der Waals surface area contributed by atoms with Crippen molar-refractivity contribution in [2.75, 3.05) is 6.54 Å². The smallest absolute Gasteiger partial charge is 0.251 e. The van der Waals surface area contributed by atoms with Gasteiger partial charge < -0.3 is 11.1 Å². The lowest BCUT2D eigenvalue weighted by atomic mass is 9.98. The van der Waals surface area contributed by atoms with Crippen LogP contribution in [0.15, 0.2) is 18.2 Å². The van der Waals surface area contributed by atoms with E-state index >= 15 is 0 Å². The predicted octanol–water partition coefficient (Wildman–Crippen LogP) is 2.57. The Morgan fingerprint density at radius 1 is 1.50 bits per heavy atom. The minimum absolute atomic E-state index is 0.0952. The molecule has 20 heavy (non-hydrogen) atoms. The highest BCUT2D eigenvalue weighted by molar-refractivity contribution is 6.32. The summed E-state index contributed by atoms with van der Waals surface area (Å²) in [6.45, 7) is 4.41. The molecule has 0 saturated heterocycles. The summed E-state index contributed by atoms with van der Waals surface area (Å²) >= 11 is 6.13. The zero-order chi connectivity index (χ0) is 14.8. The second kappa shape index (κ2) is 5.87. The van der Waals surface area contributed by atoms with E-state index in [1.54, 1.807) is 18.2 Å². The second-order valence-electron chi connectivity index (χ2n) is 5.65. The van der Waals surface area contributed by atoms with Crippen molar-refractivity contribution in [3.8, 4) is 11.8 Å². The normalized spacial score (nSPS) is 14.4. The standard InChI is InChI=1S/C16H19ClN2O/c1-16(2,13-7-8-13)19-15(20)12-6-5-11(4-3-9-18)14(17)10-12/h5-6,10,13H,7-9,18H2,1-2H3,(H,19,20). The average molecular weight is 291 g/mol. The van der Waals surface area contributed by atoms with E-state index in [1.165, 1.54) is 12.8 Å². The molecule has 1 aliphatic rings. The molecular formula is C16H19ClN2O. The van der Waals surface area contributed by atoms with Crippen LogP contribution in [0.1, 0.15) is 42.6 Å². The Morgan fingerprint density at radius 3 is 2.75 bits per heavy atom. The molecule has 0 aliphatic heterocycles. The summed E-state index contributed by atoms with van der Waals surface area (Å²) in [5.41, 5.74) is 6.41. The lowest BCUT2D eigenvalue weighted by Crippen LogP contribution is -2.45. The first kappa shape index (κ1) is 14.9. The molecule has 0 bridgehead atoms. The number of carbonyl (C=O) groups excluding carboxylic acids is 1. The van der Waals surface area contributed by atoms with Gasteiger partial charge in [0.05, 0.1) is 11.6 Å². The number of nitrogens with two attached hydrogens (primary N) is 1. The Hall–Kier alpha value is -1.50. The van der Waals surface area contributed by atoms with Gasteiger partial charge in [0.25, 0.3) is 5.91 Å². The summed E-state index contributed by atoms with van der Waals surface area (Å²) in [6.07, 6.45) is 2.36. The summed E-state index contributed by atoms with van der Waals surface area (Å²) in [5, 5.41) is 3.55. The van der Waals surface area contributed by atoms with Crippen LogP contribution in [0.3, 0.4) is 0 Å². The minimum Gasteiger partial charge on any atom is -0.347 e. The Kier molecular flexibility index (Phi) is 4.37. The van der Waals surface area contributed by atoms with Gasteiger partial charge in [0, 0.05) is 16.7 Å². The molecule has 1 fully saturated rings. The number of hydrogen-bond donors (Lipinski definition) is 2. The van der Waals surface area contributed by atoms with Gasteiger partial charge in [-0.15, -0.1) is 0 Å². The number of amides is 1. The van der Waals surface area contributed by atoms with Gasteiger partial charge in [-0.2, -0.15) is 0 Å². The number of benzene rings is 1. The zero-order valence-corrected chi connectivity index (χ0v) is 12.6. The second-order valence-corrected chi connectivity index (χ2v) is 6.06. The van der Waals surface area contributed by atoms with Crippen molar-refractivity contribution in [1.82, 2.24) is 5.32 Å². The Bertz CT molecular complexity index is 580. The van der Waals surface area contributed by atoms with Crippen molar-refractivity contribution in [2.24, 2.45) is 11.7 Å². The average Bonchev–Trinajstić information content (AvgIpc) is 3.21. The first-order chi connectivity index (χ1) is 9.44. The van der Waals surface area contributed by atoms with Gasteiger partial charge in [0.1, 0.15) is 0 Å². The molecule has 0 atom stereocenters. The van der Waals surface area contributed by atoms with E-state index in [0.717, 1.165) is 0 Å². The molecule has 2 rings (SSSR count). The molecule has 4 heteroatoms. The fourth-order valence-electron chi connectivity index (χ4n) is 2.18. The van der Waals surface area contributed by atoms with Crippen LogP contribution in [-0.4, -0.2) is 18.0 Å². The molecule has 0 spiro atoms. The Balaban J connectivity index is 2.12. The maximum absolute atomic E-state index is 12.2. The monoisotopic (exact) mass is 290 g/mol. The highest BCUT2D eigenvalue weighted by Gasteiger charge is 2.38. The van der Waals surface area contributed by atoms with E-state index in [9.17, 15) is 4.79 Å². The van der Waals surface area contributed by atoms with E-state index in [2.05, 4.69) is 31.0 Å². The number of hydrogen-bond acceptors (Lipinski definition) is 2. The maximum atomic E-state index is 12.2. The molecule has 0 unspecified atom stereocenters. The third-order valence-electron chi connectivity index (χ3n) is 3.59. The van der Waals surface area contributed by atoms with Gasteiger partial charge in [0.2, 0.25) is 0 Å². The molecule has 1 saturated carbocycles. The van der Waals surface area contributed by atoms with Gasteiger partial charge >= 0.3 is 0 Å². The van der Waals surface area contributed by atoms with E-state index in [1.807, 2.05) is 0 Å². The quantitative estimate of drug-likeness (QED) is 0.841. The summed E-state index contributed by atoms with van der Waals surface area (Å²) in [5.74, 6) is 6.11. The third kappa shape index (κ3) is 3.53. The Morgan fingerprint density at radius 2 is 2.20 bits per heavy atom. The number of rotatable bonds is 3. The van der Waals surface area contributed by atoms with Crippen LogP contribution in [0.5, 0.6) is 0 Å². The maximum Gasteiger partial charge on any atom is 0.251 e. The summed E-state index contributed by atoms with van der Waals surface area (Å²) in [7, 11) is 0. The van der Waals surface area contributed by atoms with Crippen LogP contribution >= 0.6 is 11.6 Å². The molecule has 1 amide bonds. The number of carbonyl (C=O) groups is 1. The van der Waals surface area contributed by atoms with Crippen molar-refractivity contribution in [3.05, 3.63) is 34.3 Å². The first-order valence-corrected chi connectivity index (χ1v) is 7.13. The lowest BCUT2D eigenvalue weighted by molar-refractivity contribution is 0.0903. The van der Waals surface area contributed by atoms with Crippen LogP contribution in [0, 0.1) is 17.8 Å². The molecule has 3 nitrogen and oxygen atoms in total. The molecule has 1 aliphatic carbocycles. The Labute approximate surface area is 124 Å². The fraction of sp³-hybridized carbons (Fsp3) is 0.438. The van der Waals surface area contributed by atoms with E-state index in [0.29, 0.717) is 22.1 Å². The largest absolute Gasteiger partial charge is 0.347 e. The zero-order valence-electron chi connectivity index (χ0n) is 11.8. The highest BCUT2D eigenvalue weighted by atomic mass is 35.5. The van der Waals surface area contributed by atoms with Gasteiger partial charge in [-0.3, -0.25) is 4.79 Å². The molecule has 1 aromatic carbocycles. The van der Waals surface area contributed by atoms with Crippen LogP contribution < -0.4 is 11.1 Å². The van der Waals surface area contributed by atoms with Crippen LogP contribution in [-0.2, 0) is 0 Å². The first-order valence-electron chi connectivity index (χ1n) is 6.75. The third-order valence-corrected chi connectivity index (χ3v) is 3.90. The fourth-order valence-corrected chi connectivity index (χ4v) is 2.40. The van der Waals surface area contributed by atoms with Gasteiger partial charge in [0.15, 0.2) is 0 Å². The van der Waals surface area contributed by atoms with Crippen molar-refractivity contribution < 1.29 is 4.79 Å². The molecule has 0 heterocycles. The number of nitrogens with one attached hydrogen (secondary N) is 1.